The van der Waals surface area contributed by atoms with Crippen LogP contribution in [0.15, 0.2) is 11.6 Å². The summed E-state index contributed by atoms with van der Waals surface area (Å²) < 4.78 is 0. The van der Waals surface area contributed by atoms with Gasteiger partial charge in [-0.1, -0.05) is 37.3 Å². The lowest BCUT2D eigenvalue weighted by Crippen LogP contribution is -2.24. The lowest BCUT2D eigenvalue weighted by Gasteiger charge is -2.20. The molecule has 1 fully saturated rings. The van der Waals surface area contributed by atoms with E-state index < -0.39 is 0 Å². The summed E-state index contributed by atoms with van der Waals surface area (Å²) >= 11 is 0. The van der Waals surface area contributed by atoms with Crippen LogP contribution in [-0.2, 0) is 0 Å². The third-order valence-electron chi connectivity index (χ3n) is 4.16. The summed E-state index contributed by atoms with van der Waals surface area (Å²) in [7, 11) is 0. The maximum atomic E-state index is 6.26. The van der Waals surface area contributed by atoms with Crippen molar-refractivity contribution in [3.05, 3.63) is 11.6 Å². The molecule has 0 amide bonds. The lowest BCUT2D eigenvalue weighted by atomic mass is 9.89. The van der Waals surface area contributed by atoms with Crippen molar-refractivity contribution in [3.63, 3.8) is 0 Å². The smallest absolute Gasteiger partial charge is 0.0253 e. The average molecular weight is 207 g/mol. The zero-order chi connectivity index (χ0) is 10.5. The molecule has 0 bridgehead atoms. The van der Waals surface area contributed by atoms with Crippen LogP contribution in [0.3, 0.4) is 0 Å². The van der Waals surface area contributed by atoms with Gasteiger partial charge in [-0.15, -0.1) is 0 Å². The summed E-state index contributed by atoms with van der Waals surface area (Å²) in [4.78, 5) is 0. The molecule has 15 heavy (non-hydrogen) atoms. The van der Waals surface area contributed by atoms with Gasteiger partial charge in [-0.05, 0) is 44.4 Å². The predicted molar refractivity (Wildman–Crippen MR) is 65.7 cm³/mol. The van der Waals surface area contributed by atoms with E-state index in [1.165, 1.54) is 64.2 Å². The Morgan fingerprint density at radius 3 is 2.67 bits per heavy atom. The van der Waals surface area contributed by atoms with Gasteiger partial charge >= 0.3 is 0 Å². The van der Waals surface area contributed by atoms with Gasteiger partial charge in [-0.25, -0.2) is 0 Å². The van der Waals surface area contributed by atoms with Crippen LogP contribution in [-0.4, -0.2) is 6.04 Å². The van der Waals surface area contributed by atoms with Gasteiger partial charge in [0.2, 0.25) is 0 Å². The Morgan fingerprint density at radius 2 is 2.00 bits per heavy atom. The third-order valence-corrected chi connectivity index (χ3v) is 4.16. The Morgan fingerprint density at radius 1 is 1.20 bits per heavy atom. The molecule has 2 N–H and O–H groups in total. The summed E-state index contributed by atoms with van der Waals surface area (Å²) in [6.07, 6.45) is 16.1. The number of nitrogens with two attached hydrogens (primary N) is 1. The molecule has 1 saturated carbocycles. The van der Waals surface area contributed by atoms with Crippen LogP contribution in [0.1, 0.15) is 64.2 Å². The normalized spacial score (nSPS) is 25.3. The minimum Gasteiger partial charge on any atom is -0.324 e. The van der Waals surface area contributed by atoms with E-state index in [0.717, 1.165) is 5.92 Å². The molecule has 2 aliphatic rings. The highest BCUT2D eigenvalue weighted by Gasteiger charge is 2.18. The van der Waals surface area contributed by atoms with Crippen LogP contribution in [0.4, 0.5) is 0 Å². The summed E-state index contributed by atoms with van der Waals surface area (Å²) in [6, 6.07) is 0.380. The zero-order valence-electron chi connectivity index (χ0n) is 9.88. The molecular weight excluding hydrogens is 182 g/mol. The highest BCUT2D eigenvalue weighted by molar-refractivity contribution is 5.12. The van der Waals surface area contributed by atoms with Crippen LogP contribution in [0, 0.1) is 5.92 Å². The molecule has 0 heterocycles. The fourth-order valence-electron chi connectivity index (χ4n) is 3.10. The van der Waals surface area contributed by atoms with E-state index in [1.807, 2.05) is 0 Å². The van der Waals surface area contributed by atoms with E-state index in [0.29, 0.717) is 6.04 Å². The topological polar surface area (TPSA) is 26.0 Å². The van der Waals surface area contributed by atoms with Crippen LogP contribution in [0.5, 0.6) is 0 Å². The van der Waals surface area contributed by atoms with Crippen molar-refractivity contribution in [2.75, 3.05) is 0 Å². The lowest BCUT2D eigenvalue weighted by molar-refractivity contribution is 0.457. The first-order valence-electron chi connectivity index (χ1n) is 6.81. The molecule has 1 nitrogen and oxygen atoms in total. The first-order chi connectivity index (χ1) is 7.36. The van der Waals surface area contributed by atoms with E-state index >= 15 is 0 Å². The molecule has 0 radical (unpaired) electrons. The Balaban J connectivity index is 1.71. The minimum atomic E-state index is 0.380. The second-order valence-corrected chi connectivity index (χ2v) is 5.36. The van der Waals surface area contributed by atoms with Crippen molar-refractivity contribution >= 4 is 0 Å². The Hall–Kier alpha value is -0.300. The second-order valence-electron chi connectivity index (χ2n) is 5.36. The van der Waals surface area contributed by atoms with Crippen molar-refractivity contribution in [2.45, 2.75) is 70.3 Å². The van der Waals surface area contributed by atoms with Gasteiger partial charge in [0, 0.05) is 6.04 Å². The molecule has 0 aromatic carbocycles. The molecular formula is C14H25N. The molecule has 2 aliphatic carbocycles. The minimum absolute atomic E-state index is 0.380. The van der Waals surface area contributed by atoms with Crippen molar-refractivity contribution in [2.24, 2.45) is 11.7 Å². The fraction of sp³-hybridized carbons (Fsp3) is 0.857. The second kappa shape index (κ2) is 5.69. The van der Waals surface area contributed by atoms with Gasteiger partial charge in [0.25, 0.3) is 0 Å². The molecule has 0 aromatic heterocycles. The third kappa shape index (κ3) is 3.34. The summed E-state index contributed by atoms with van der Waals surface area (Å²) in [5, 5.41) is 0. The van der Waals surface area contributed by atoms with Crippen molar-refractivity contribution in [1.82, 2.24) is 0 Å². The molecule has 86 valence electrons. The highest BCUT2D eigenvalue weighted by atomic mass is 14.6. The van der Waals surface area contributed by atoms with Gasteiger partial charge in [0.1, 0.15) is 0 Å². The van der Waals surface area contributed by atoms with Gasteiger partial charge in [-0.3, -0.25) is 0 Å². The molecule has 1 unspecified atom stereocenters. The zero-order valence-corrected chi connectivity index (χ0v) is 9.88. The van der Waals surface area contributed by atoms with Crippen LogP contribution < -0.4 is 5.73 Å². The Bertz CT molecular complexity index is 213. The largest absolute Gasteiger partial charge is 0.324 e. The maximum absolute atomic E-state index is 6.26. The quantitative estimate of drug-likeness (QED) is 0.697. The van der Waals surface area contributed by atoms with Crippen LogP contribution in [0.2, 0.25) is 0 Å². The van der Waals surface area contributed by atoms with E-state index in [1.54, 1.807) is 5.57 Å². The average Bonchev–Trinajstić information content (AvgIpc) is 2.80. The van der Waals surface area contributed by atoms with E-state index in [-0.39, 0.29) is 0 Å². The molecule has 0 spiro atoms. The number of allylic oxidation sites excluding steroid dienone is 1. The van der Waals surface area contributed by atoms with Gasteiger partial charge < -0.3 is 5.73 Å². The first kappa shape index (κ1) is 11.2. The van der Waals surface area contributed by atoms with Gasteiger partial charge in [0.05, 0.1) is 0 Å². The van der Waals surface area contributed by atoms with Crippen molar-refractivity contribution < 1.29 is 0 Å². The number of hydrogen-bond acceptors (Lipinski definition) is 1. The molecule has 2 rings (SSSR count). The summed E-state index contributed by atoms with van der Waals surface area (Å²) in [6.45, 7) is 0. The number of rotatable bonds is 4. The van der Waals surface area contributed by atoms with Crippen LogP contribution >= 0.6 is 0 Å². The molecule has 0 aromatic rings. The van der Waals surface area contributed by atoms with E-state index in [4.69, 9.17) is 5.73 Å². The summed E-state index contributed by atoms with van der Waals surface area (Å²) in [5.41, 5.74) is 7.81. The van der Waals surface area contributed by atoms with Crippen molar-refractivity contribution in [3.8, 4) is 0 Å². The molecule has 0 aliphatic heterocycles. The Kier molecular flexibility index (Phi) is 4.25. The molecule has 1 heteroatoms. The molecule has 0 saturated heterocycles. The van der Waals surface area contributed by atoms with Crippen molar-refractivity contribution in [1.29, 1.82) is 0 Å². The van der Waals surface area contributed by atoms with Crippen LogP contribution in [0.25, 0.3) is 0 Å². The molecule has 1 atom stereocenters. The SMILES string of the molecule is NC(CCC1CCCC1)C1=CCCCC1. The predicted octanol–water partition coefficient (Wildman–Crippen LogP) is 3.78. The van der Waals surface area contributed by atoms with E-state index in [9.17, 15) is 0 Å². The monoisotopic (exact) mass is 207 g/mol. The standard InChI is InChI=1S/C14H25N/c15-14(13-8-2-1-3-9-13)11-10-12-6-4-5-7-12/h8,12,14H,1-7,9-11,15H2. The maximum Gasteiger partial charge on any atom is 0.0253 e. The summed E-state index contributed by atoms with van der Waals surface area (Å²) in [5.74, 6) is 1.00. The Labute approximate surface area is 94.1 Å². The highest BCUT2D eigenvalue weighted by Crippen LogP contribution is 2.30. The van der Waals surface area contributed by atoms with E-state index in [2.05, 4.69) is 6.08 Å². The van der Waals surface area contributed by atoms with Gasteiger partial charge in [0.15, 0.2) is 0 Å². The first-order valence-corrected chi connectivity index (χ1v) is 6.81. The number of hydrogen-bond donors (Lipinski definition) is 1. The fourth-order valence-corrected chi connectivity index (χ4v) is 3.10. The van der Waals surface area contributed by atoms with Gasteiger partial charge in [-0.2, -0.15) is 0 Å².